The molecule has 28 heavy (non-hydrogen) atoms. The molecular weight excluding hydrogens is 360 g/mol. The van der Waals surface area contributed by atoms with Gasteiger partial charge in [0, 0.05) is 19.4 Å². The van der Waals surface area contributed by atoms with Crippen molar-refractivity contribution in [2.45, 2.75) is 33.2 Å². The van der Waals surface area contributed by atoms with Gasteiger partial charge in [0.15, 0.2) is 11.5 Å². The van der Waals surface area contributed by atoms with Crippen LogP contribution in [0.4, 0.5) is 0 Å². The minimum Gasteiger partial charge on any atom is -0.493 e. The largest absolute Gasteiger partial charge is 0.493 e. The molecule has 0 saturated carbocycles. The van der Waals surface area contributed by atoms with Crippen LogP contribution in [0.5, 0.6) is 11.5 Å². The lowest BCUT2D eigenvalue weighted by Gasteiger charge is -2.29. The van der Waals surface area contributed by atoms with E-state index in [1.165, 1.54) is 27.0 Å². The SMILES string of the molecule is COc1cccc(C=C2C(=O)OC(C)(C)OC2=O)c1OCc1cccc(C)c1. The highest BCUT2D eigenvalue weighted by Gasteiger charge is 2.39. The van der Waals surface area contributed by atoms with Crippen molar-refractivity contribution in [2.24, 2.45) is 0 Å². The van der Waals surface area contributed by atoms with E-state index in [0.717, 1.165) is 11.1 Å². The van der Waals surface area contributed by atoms with Gasteiger partial charge in [-0.1, -0.05) is 42.0 Å². The molecule has 0 amide bonds. The molecule has 0 aliphatic carbocycles. The summed E-state index contributed by atoms with van der Waals surface area (Å²) in [6, 6.07) is 13.1. The lowest BCUT2D eigenvalue weighted by atomic mass is 10.1. The summed E-state index contributed by atoms with van der Waals surface area (Å²) >= 11 is 0. The van der Waals surface area contributed by atoms with E-state index >= 15 is 0 Å². The van der Waals surface area contributed by atoms with Crippen molar-refractivity contribution in [1.82, 2.24) is 0 Å². The van der Waals surface area contributed by atoms with Gasteiger partial charge in [-0.2, -0.15) is 0 Å². The number of cyclic esters (lactones) is 2. The first-order chi connectivity index (χ1) is 13.3. The second kappa shape index (κ2) is 7.76. The molecule has 6 heteroatoms. The molecular formula is C22H22O6. The first-order valence-electron chi connectivity index (χ1n) is 8.83. The highest BCUT2D eigenvalue weighted by atomic mass is 16.7. The standard InChI is InChI=1S/C22H22O6/c1-14-7-5-8-15(11-14)13-26-19-16(9-6-10-18(19)25-4)12-17-20(23)27-22(2,3)28-21(17)24/h5-12H,13H2,1-4H3. The van der Waals surface area contributed by atoms with E-state index < -0.39 is 17.7 Å². The molecule has 3 rings (SSSR count). The lowest BCUT2D eigenvalue weighted by molar-refractivity contribution is -0.222. The third-order valence-corrected chi connectivity index (χ3v) is 4.11. The van der Waals surface area contributed by atoms with Crippen LogP contribution in [0.1, 0.15) is 30.5 Å². The smallest absolute Gasteiger partial charge is 0.348 e. The number of hydrogen-bond donors (Lipinski definition) is 0. The molecule has 0 bridgehead atoms. The molecule has 1 heterocycles. The zero-order valence-corrected chi connectivity index (χ0v) is 16.3. The van der Waals surface area contributed by atoms with E-state index in [1.807, 2.05) is 31.2 Å². The Labute approximate surface area is 163 Å². The van der Waals surface area contributed by atoms with Gasteiger partial charge in [-0.3, -0.25) is 0 Å². The number of carbonyl (C=O) groups is 2. The number of carbonyl (C=O) groups excluding carboxylic acids is 2. The topological polar surface area (TPSA) is 71.1 Å². The minimum absolute atomic E-state index is 0.201. The molecule has 1 aliphatic heterocycles. The second-order valence-corrected chi connectivity index (χ2v) is 6.89. The van der Waals surface area contributed by atoms with Crippen LogP contribution in [0.2, 0.25) is 0 Å². The van der Waals surface area contributed by atoms with E-state index in [-0.39, 0.29) is 5.57 Å². The van der Waals surface area contributed by atoms with Gasteiger partial charge >= 0.3 is 11.9 Å². The average Bonchev–Trinajstić information content (AvgIpc) is 2.62. The summed E-state index contributed by atoms with van der Waals surface area (Å²) in [6.45, 7) is 5.31. The summed E-state index contributed by atoms with van der Waals surface area (Å²) in [5, 5.41) is 0. The van der Waals surface area contributed by atoms with Gasteiger partial charge in [0.25, 0.3) is 5.79 Å². The van der Waals surface area contributed by atoms with Crippen molar-refractivity contribution in [3.05, 3.63) is 64.7 Å². The first-order valence-corrected chi connectivity index (χ1v) is 8.83. The molecule has 0 radical (unpaired) electrons. The third-order valence-electron chi connectivity index (χ3n) is 4.11. The maximum absolute atomic E-state index is 12.2. The van der Waals surface area contributed by atoms with Gasteiger partial charge in [-0.15, -0.1) is 0 Å². The van der Waals surface area contributed by atoms with E-state index in [1.54, 1.807) is 18.2 Å². The summed E-state index contributed by atoms with van der Waals surface area (Å²) in [5.41, 5.74) is 2.42. The summed E-state index contributed by atoms with van der Waals surface area (Å²) in [7, 11) is 1.53. The Hall–Kier alpha value is -3.28. The molecule has 6 nitrogen and oxygen atoms in total. The van der Waals surface area contributed by atoms with Crippen LogP contribution < -0.4 is 9.47 Å². The quantitative estimate of drug-likeness (QED) is 0.445. The summed E-state index contributed by atoms with van der Waals surface area (Å²) in [6.07, 6.45) is 1.40. The normalized spacial score (nSPS) is 15.5. The number of methoxy groups -OCH3 is 1. The van der Waals surface area contributed by atoms with Gasteiger partial charge in [-0.25, -0.2) is 9.59 Å². The molecule has 1 fully saturated rings. The Morgan fingerprint density at radius 1 is 1.04 bits per heavy atom. The molecule has 1 aliphatic rings. The van der Waals surface area contributed by atoms with Crippen molar-refractivity contribution in [3.8, 4) is 11.5 Å². The van der Waals surface area contributed by atoms with Crippen LogP contribution in [0.15, 0.2) is 48.0 Å². The zero-order valence-electron chi connectivity index (χ0n) is 16.3. The maximum Gasteiger partial charge on any atom is 0.348 e. The zero-order chi connectivity index (χ0) is 20.3. The molecule has 1 saturated heterocycles. The van der Waals surface area contributed by atoms with Crippen LogP contribution >= 0.6 is 0 Å². The Kier molecular flexibility index (Phi) is 5.40. The van der Waals surface area contributed by atoms with E-state index in [0.29, 0.717) is 23.7 Å². The molecule has 0 unspecified atom stereocenters. The summed E-state index contributed by atoms with van der Waals surface area (Å²) < 4.78 is 21.7. The van der Waals surface area contributed by atoms with Crippen molar-refractivity contribution in [2.75, 3.05) is 7.11 Å². The number of esters is 2. The first kappa shape index (κ1) is 19.5. The maximum atomic E-state index is 12.2. The number of ether oxygens (including phenoxy) is 4. The van der Waals surface area contributed by atoms with Crippen LogP contribution in [-0.2, 0) is 25.7 Å². The van der Waals surface area contributed by atoms with Gasteiger partial charge in [0.05, 0.1) is 7.11 Å². The van der Waals surface area contributed by atoms with Crippen molar-refractivity contribution in [3.63, 3.8) is 0 Å². The number of hydrogen-bond acceptors (Lipinski definition) is 6. The highest BCUT2D eigenvalue weighted by Crippen LogP contribution is 2.34. The van der Waals surface area contributed by atoms with Crippen LogP contribution in [0, 0.1) is 6.92 Å². The fourth-order valence-electron chi connectivity index (χ4n) is 2.85. The average molecular weight is 382 g/mol. The third kappa shape index (κ3) is 4.34. The minimum atomic E-state index is -1.29. The lowest BCUT2D eigenvalue weighted by Crippen LogP contribution is -2.41. The van der Waals surface area contributed by atoms with Crippen molar-refractivity contribution < 1.29 is 28.5 Å². The fraction of sp³-hybridized carbons (Fsp3) is 0.273. The molecule has 0 aromatic heterocycles. The number of rotatable bonds is 5. The predicted octanol–water partition coefficient (Wildman–Crippen LogP) is 3.80. The Bertz CT molecular complexity index is 920. The molecule has 0 N–H and O–H groups in total. The van der Waals surface area contributed by atoms with Gasteiger partial charge in [0.2, 0.25) is 0 Å². The number of aryl methyl sites for hydroxylation is 1. The second-order valence-electron chi connectivity index (χ2n) is 6.89. The monoisotopic (exact) mass is 382 g/mol. The Balaban J connectivity index is 1.93. The van der Waals surface area contributed by atoms with Crippen molar-refractivity contribution in [1.29, 1.82) is 0 Å². The van der Waals surface area contributed by atoms with Gasteiger partial charge in [-0.05, 0) is 24.6 Å². The Morgan fingerprint density at radius 2 is 1.71 bits per heavy atom. The van der Waals surface area contributed by atoms with Crippen LogP contribution in [-0.4, -0.2) is 24.8 Å². The van der Waals surface area contributed by atoms with E-state index in [9.17, 15) is 9.59 Å². The Morgan fingerprint density at radius 3 is 2.36 bits per heavy atom. The molecule has 0 spiro atoms. The van der Waals surface area contributed by atoms with Crippen LogP contribution in [0.3, 0.4) is 0 Å². The predicted molar refractivity (Wildman–Crippen MR) is 103 cm³/mol. The van der Waals surface area contributed by atoms with E-state index in [2.05, 4.69) is 0 Å². The number of benzene rings is 2. The van der Waals surface area contributed by atoms with Crippen molar-refractivity contribution >= 4 is 18.0 Å². The summed E-state index contributed by atoms with van der Waals surface area (Å²) in [5.74, 6) is -1.86. The molecule has 2 aromatic rings. The van der Waals surface area contributed by atoms with Gasteiger partial charge < -0.3 is 18.9 Å². The van der Waals surface area contributed by atoms with Gasteiger partial charge in [0.1, 0.15) is 12.2 Å². The molecule has 0 atom stereocenters. The fourth-order valence-corrected chi connectivity index (χ4v) is 2.85. The van der Waals surface area contributed by atoms with E-state index in [4.69, 9.17) is 18.9 Å². The number of para-hydroxylation sites is 1. The molecule has 146 valence electrons. The summed E-state index contributed by atoms with van der Waals surface area (Å²) in [4.78, 5) is 24.5. The van der Waals surface area contributed by atoms with Crippen LogP contribution in [0.25, 0.3) is 6.08 Å². The molecule has 2 aromatic carbocycles. The highest BCUT2D eigenvalue weighted by molar-refractivity contribution is 6.19.